The number of carboxylic acid groups (broad SMARTS) is 1. The van der Waals surface area contributed by atoms with E-state index in [0.29, 0.717) is 0 Å². The van der Waals surface area contributed by atoms with Crippen LogP contribution in [0.3, 0.4) is 0 Å². The Morgan fingerprint density at radius 3 is 1.86 bits per heavy atom. The van der Waals surface area contributed by atoms with Crippen molar-refractivity contribution < 1.29 is 86.8 Å². The molecule has 0 aliphatic rings. The Labute approximate surface area is 169 Å². The summed E-state index contributed by atoms with van der Waals surface area (Å²) in [6, 6.07) is 0. The van der Waals surface area contributed by atoms with Crippen LogP contribution in [0, 0.1) is 0 Å². The molecule has 1 amide bonds. The number of rotatable bonds is 5. The number of amides is 1. The van der Waals surface area contributed by atoms with Gasteiger partial charge in [0.25, 0.3) is 0 Å². The van der Waals surface area contributed by atoms with Gasteiger partial charge in [-0.05, 0) is 13.0 Å². The van der Waals surface area contributed by atoms with Gasteiger partial charge >= 0.3 is 65.1 Å². The van der Waals surface area contributed by atoms with E-state index in [0.717, 1.165) is 6.08 Å². The van der Waals surface area contributed by atoms with Gasteiger partial charge < -0.3 is 19.8 Å². The molecule has 0 aliphatic carbocycles. The molecule has 10 heteroatoms. The molecule has 0 rings (SSSR count). The van der Waals surface area contributed by atoms with Gasteiger partial charge in [0.05, 0.1) is 16.0 Å². The predicted octanol–water partition coefficient (Wildman–Crippen LogP) is -4.95. The second-order valence-corrected chi connectivity index (χ2v) is 5.66. The average Bonchev–Trinajstić information content (AvgIpc) is 2.13. The maximum absolute atomic E-state index is 10.7. The number of carbonyl (C=O) groups is 2. The molecule has 7 nitrogen and oxygen atoms in total. The summed E-state index contributed by atoms with van der Waals surface area (Å²) in [5.41, 5.74) is -1.01. The molecule has 0 aromatic heterocycles. The molecule has 0 unspecified atom stereocenters. The van der Waals surface area contributed by atoms with Crippen molar-refractivity contribution in [2.75, 3.05) is 5.75 Å². The Morgan fingerprint density at radius 1 is 1.33 bits per heavy atom. The zero-order valence-electron chi connectivity index (χ0n) is 13.0. The van der Waals surface area contributed by atoms with Gasteiger partial charge in [-0.25, -0.2) is 13.2 Å². The summed E-state index contributed by atoms with van der Waals surface area (Å²) in [7, 11) is -4.37. The van der Waals surface area contributed by atoms with E-state index in [1.807, 2.05) is 0 Å². The van der Waals surface area contributed by atoms with Crippen LogP contribution in [-0.4, -0.2) is 41.2 Å². The molecular weight excluding hydrogens is 320 g/mol. The van der Waals surface area contributed by atoms with Crippen molar-refractivity contribution in [1.82, 2.24) is 0 Å². The SMILES string of the molecule is C=C(C)C(=O)O.C=CC(=O)[N-]C(C)(C)CS(=O)(=O)[O-].[Na+].[Na+]. The first-order chi connectivity index (χ1) is 8.30. The van der Waals surface area contributed by atoms with Crippen LogP contribution in [0.15, 0.2) is 24.8 Å². The number of carboxylic acids is 1. The van der Waals surface area contributed by atoms with Gasteiger partial charge in [0.2, 0.25) is 0 Å². The van der Waals surface area contributed by atoms with E-state index in [-0.39, 0.29) is 64.7 Å². The van der Waals surface area contributed by atoms with Crippen molar-refractivity contribution in [1.29, 1.82) is 0 Å². The molecule has 0 aromatic carbocycles. The van der Waals surface area contributed by atoms with Gasteiger partial charge in [-0.15, -0.1) is 0 Å². The maximum Gasteiger partial charge on any atom is 1.00 e. The second kappa shape index (κ2) is 12.8. The molecular formula is C11H17NNa2O6S. The van der Waals surface area contributed by atoms with Crippen molar-refractivity contribution in [3.63, 3.8) is 0 Å². The van der Waals surface area contributed by atoms with Crippen LogP contribution in [0.25, 0.3) is 5.32 Å². The van der Waals surface area contributed by atoms with Crippen LogP contribution in [0.4, 0.5) is 0 Å². The Hall–Kier alpha value is 0.330. The van der Waals surface area contributed by atoms with Crippen LogP contribution >= 0.6 is 0 Å². The summed E-state index contributed by atoms with van der Waals surface area (Å²) in [4.78, 5) is 20.3. The average molecular weight is 337 g/mol. The molecule has 0 bridgehead atoms. The number of aliphatic carboxylic acids is 1. The first-order valence-corrected chi connectivity index (χ1v) is 6.60. The molecule has 0 heterocycles. The van der Waals surface area contributed by atoms with Gasteiger partial charge in [-0.1, -0.05) is 32.5 Å². The van der Waals surface area contributed by atoms with Gasteiger partial charge in [0.1, 0.15) is 0 Å². The molecule has 110 valence electrons. The summed E-state index contributed by atoms with van der Waals surface area (Å²) in [6.45, 7) is 10.6. The maximum atomic E-state index is 10.7. The fourth-order valence-electron chi connectivity index (χ4n) is 0.809. The quantitative estimate of drug-likeness (QED) is 0.304. The Bertz CT molecular complexity index is 461. The van der Waals surface area contributed by atoms with Crippen LogP contribution in [-0.2, 0) is 19.7 Å². The summed E-state index contributed by atoms with van der Waals surface area (Å²) in [5.74, 6) is -2.26. The fraction of sp³-hybridized carbons (Fsp3) is 0.455. The van der Waals surface area contributed by atoms with E-state index in [1.165, 1.54) is 20.8 Å². The van der Waals surface area contributed by atoms with E-state index >= 15 is 0 Å². The molecule has 0 saturated heterocycles. The first kappa shape index (κ1) is 29.4. The summed E-state index contributed by atoms with van der Waals surface area (Å²) < 4.78 is 31.1. The monoisotopic (exact) mass is 337 g/mol. The molecule has 0 aliphatic heterocycles. The molecule has 0 aromatic rings. The molecule has 0 fully saturated rings. The summed E-state index contributed by atoms with van der Waals surface area (Å²) in [5, 5.41) is 11.4. The minimum atomic E-state index is -4.37. The standard InChI is InChI=1S/C7H13NO4S.C4H6O2.2Na/c1-4-6(9)8-7(2,3)5-13(10,11)12;1-3(2)4(5)6;;/h4H,1,5H2,2-3H3,(H2,8,9,10,11,12);1H2,2H3,(H,5,6);;/q;;2*+1/p-2. The van der Waals surface area contributed by atoms with Crippen molar-refractivity contribution in [2.24, 2.45) is 0 Å². The van der Waals surface area contributed by atoms with E-state index in [4.69, 9.17) is 5.11 Å². The Kier molecular flexibility index (Phi) is 17.9. The van der Waals surface area contributed by atoms with Crippen molar-refractivity contribution >= 4 is 22.0 Å². The van der Waals surface area contributed by atoms with Gasteiger partial charge in [0.15, 0.2) is 0 Å². The zero-order valence-corrected chi connectivity index (χ0v) is 17.9. The third kappa shape index (κ3) is 22.7. The van der Waals surface area contributed by atoms with Crippen LogP contribution in [0.5, 0.6) is 0 Å². The number of hydrogen-bond acceptors (Lipinski definition) is 5. The molecule has 0 spiro atoms. The van der Waals surface area contributed by atoms with Crippen LogP contribution in [0.1, 0.15) is 20.8 Å². The third-order valence-corrected chi connectivity index (χ3v) is 2.54. The zero-order chi connectivity index (χ0) is 15.9. The predicted molar refractivity (Wildman–Crippen MR) is 69.7 cm³/mol. The van der Waals surface area contributed by atoms with E-state index in [2.05, 4.69) is 18.5 Å². The molecule has 0 saturated carbocycles. The fourth-order valence-corrected chi connectivity index (χ4v) is 1.74. The minimum Gasteiger partial charge on any atom is -0.748 e. The van der Waals surface area contributed by atoms with Gasteiger partial charge in [0, 0.05) is 11.3 Å². The van der Waals surface area contributed by atoms with Crippen molar-refractivity contribution in [3.05, 3.63) is 30.1 Å². The number of carbonyl (C=O) groups excluding carboxylic acids is 1. The van der Waals surface area contributed by atoms with E-state index < -0.39 is 33.3 Å². The van der Waals surface area contributed by atoms with Gasteiger partial charge in [-0.2, -0.15) is 0 Å². The van der Waals surface area contributed by atoms with E-state index in [9.17, 15) is 22.6 Å². The number of hydrogen-bond donors (Lipinski definition) is 1. The number of nitrogens with zero attached hydrogens (tertiary/aromatic N) is 1. The minimum absolute atomic E-state index is 0. The van der Waals surface area contributed by atoms with Gasteiger partial charge in [-0.3, -0.25) is 0 Å². The Balaban J connectivity index is -0.000000156. The summed E-state index contributed by atoms with van der Waals surface area (Å²) >= 11 is 0. The normalized spacial score (nSPS) is 9.71. The topological polar surface area (TPSA) is 126 Å². The van der Waals surface area contributed by atoms with Crippen molar-refractivity contribution in [3.8, 4) is 0 Å². The first-order valence-electron chi connectivity index (χ1n) is 5.02. The third-order valence-electron chi connectivity index (χ3n) is 1.48. The largest absolute Gasteiger partial charge is 1.00 e. The van der Waals surface area contributed by atoms with Crippen LogP contribution < -0.4 is 59.1 Å². The van der Waals surface area contributed by atoms with E-state index in [1.54, 1.807) is 0 Å². The molecule has 0 radical (unpaired) electrons. The molecule has 21 heavy (non-hydrogen) atoms. The summed E-state index contributed by atoms with van der Waals surface area (Å²) in [6.07, 6.45) is 0.958. The van der Waals surface area contributed by atoms with Crippen LogP contribution in [0.2, 0.25) is 0 Å². The van der Waals surface area contributed by atoms with Crippen molar-refractivity contribution in [2.45, 2.75) is 26.3 Å². The Morgan fingerprint density at radius 2 is 1.67 bits per heavy atom. The molecule has 0 atom stereocenters. The molecule has 1 N–H and O–H groups in total. The second-order valence-electron chi connectivity index (χ2n) is 4.25. The smallest absolute Gasteiger partial charge is 0.748 e.